The smallest absolute Gasteiger partial charge is 0.385 e. The zero-order chi connectivity index (χ0) is 12.8. The van der Waals surface area contributed by atoms with Crippen molar-refractivity contribution in [2.24, 2.45) is 0 Å². The molecule has 1 saturated heterocycles. The van der Waals surface area contributed by atoms with Gasteiger partial charge in [0.05, 0.1) is 5.56 Å². The second-order valence-electron chi connectivity index (χ2n) is 4.92. The summed E-state index contributed by atoms with van der Waals surface area (Å²) in [7, 11) is 0. The van der Waals surface area contributed by atoms with Gasteiger partial charge in [-0.15, -0.1) is 0 Å². The second kappa shape index (κ2) is 4.16. The van der Waals surface area contributed by atoms with E-state index in [1.165, 1.54) is 6.07 Å². The maximum absolute atomic E-state index is 12.7. The summed E-state index contributed by atoms with van der Waals surface area (Å²) in [4.78, 5) is 2.26. The highest BCUT2D eigenvalue weighted by atomic mass is 19.4. The molecule has 18 heavy (non-hydrogen) atoms. The molecule has 0 aromatic heterocycles. The minimum absolute atomic E-state index is 0.150. The van der Waals surface area contributed by atoms with Crippen LogP contribution in [0.2, 0.25) is 0 Å². The molecule has 1 N–H and O–H groups in total. The fraction of sp³-hybridized carbons (Fsp3) is 0.538. The number of halogens is 3. The number of anilines is 1. The van der Waals surface area contributed by atoms with E-state index in [-0.39, 0.29) is 6.04 Å². The number of fused-ring (bicyclic) bond motifs is 1. The number of nitrogens with one attached hydrogen (secondary N) is 1. The van der Waals surface area contributed by atoms with E-state index in [2.05, 4.69) is 10.2 Å². The van der Waals surface area contributed by atoms with Crippen molar-refractivity contribution in [1.82, 2.24) is 4.90 Å². The average Bonchev–Trinajstić information content (AvgIpc) is 2.25. The molecule has 2 heterocycles. The maximum Gasteiger partial charge on any atom is 0.416 e. The fourth-order valence-corrected chi connectivity index (χ4v) is 2.71. The Kier molecular flexibility index (Phi) is 2.73. The van der Waals surface area contributed by atoms with Crippen LogP contribution in [0.1, 0.15) is 30.0 Å². The third-order valence-electron chi connectivity index (χ3n) is 3.80. The van der Waals surface area contributed by atoms with Crippen LogP contribution in [0.4, 0.5) is 18.9 Å². The van der Waals surface area contributed by atoms with E-state index in [9.17, 15) is 13.2 Å². The Balaban J connectivity index is 1.98. The van der Waals surface area contributed by atoms with Crippen molar-refractivity contribution in [3.05, 3.63) is 29.3 Å². The Morgan fingerprint density at radius 2 is 2.00 bits per heavy atom. The minimum Gasteiger partial charge on any atom is -0.385 e. The normalized spacial score (nSPS) is 24.1. The van der Waals surface area contributed by atoms with Crippen molar-refractivity contribution in [3.8, 4) is 0 Å². The van der Waals surface area contributed by atoms with Gasteiger partial charge in [0.15, 0.2) is 0 Å². The van der Waals surface area contributed by atoms with Crippen LogP contribution in [-0.2, 0) is 6.18 Å². The molecule has 1 fully saturated rings. The first-order chi connectivity index (χ1) is 8.55. The Labute approximate surface area is 104 Å². The lowest BCUT2D eigenvalue weighted by Gasteiger charge is -2.41. The summed E-state index contributed by atoms with van der Waals surface area (Å²) in [5.41, 5.74) is 1.11. The van der Waals surface area contributed by atoms with E-state index in [0.29, 0.717) is 0 Å². The van der Waals surface area contributed by atoms with Gasteiger partial charge < -0.3 is 5.32 Å². The van der Waals surface area contributed by atoms with Crippen LogP contribution in [0, 0.1) is 0 Å². The average molecular weight is 256 g/mol. The second-order valence-corrected chi connectivity index (χ2v) is 4.92. The predicted octanol–water partition coefficient (Wildman–Crippen LogP) is 3.27. The highest BCUT2D eigenvalue weighted by molar-refractivity contribution is 5.56. The largest absolute Gasteiger partial charge is 0.416 e. The van der Waals surface area contributed by atoms with Gasteiger partial charge >= 0.3 is 6.18 Å². The summed E-state index contributed by atoms with van der Waals surface area (Å²) in [6.07, 6.45) is -2.22. The molecule has 2 aliphatic rings. The number of rotatable bonds is 1. The van der Waals surface area contributed by atoms with Crippen LogP contribution in [0.3, 0.4) is 0 Å². The van der Waals surface area contributed by atoms with E-state index in [4.69, 9.17) is 0 Å². The third-order valence-corrected chi connectivity index (χ3v) is 3.80. The zero-order valence-electron chi connectivity index (χ0n) is 9.93. The van der Waals surface area contributed by atoms with Gasteiger partial charge in [0, 0.05) is 18.3 Å². The number of likely N-dealkylation sites (tertiary alicyclic amines) is 1. The minimum atomic E-state index is -4.26. The SMILES string of the molecule is FC(F)(F)c1ccc2c(c1)C(N1CCC1)CCN2. The summed E-state index contributed by atoms with van der Waals surface area (Å²) in [5, 5.41) is 3.18. The summed E-state index contributed by atoms with van der Waals surface area (Å²) < 4.78 is 38.2. The number of alkyl halides is 3. The molecule has 5 heteroatoms. The van der Waals surface area contributed by atoms with E-state index in [1.807, 2.05) is 0 Å². The highest BCUT2D eigenvalue weighted by Crippen LogP contribution is 2.40. The highest BCUT2D eigenvalue weighted by Gasteiger charge is 2.34. The molecule has 1 aromatic rings. The standard InChI is InChI=1S/C13H15F3N2/c14-13(15,16)9-2-3-11-10(8-9)12(4-5-17-11)18-6-1-7-18/h2-3,8,12,17H,1,4-7H2. The van der Waals surface area contributed by atoms with Crippen molar-refractivity contribution in [3.63, 3.8) is 0 Å². The lowest BCUT2D eigenvalue weighted by Crippen LogP contribution is -2.42. The topological polar surface area (TPSA) is 15.3 Å². The summed E-state index contributed by atoms with van der Waals surface area (Å²) >= 11 is 0. The van der Waals surface area contributed by atoms with Gasteiger partial charge in [-0.25, -0.2) is 0 Å². The van der Waals surface area contributed by atoms with Crippen molar-refractivity contribution in [2.75, 3.05) is 25.0 Å². The van der Waals surface area contributed by atoms with Gasteiger partial charge in [-0.3, -0.25) is 4.90 Å². The van der Waals surface area contributed by atoms with Gasteiger partial charge in [-0.1, -0.05) is 0 Å². The van der Waals surface area contributed by atoms with Crippen molar-refractivity contribution in [2.45, 2.75) is 25.1 Å². The Hall–Kier alpha value is -1.23. The lowest BCUT2D eigenvalue weighted by molar-refractivity contribution is -0.137. The molecule has 0 saturated carbocycles. The van der Waals surface area contributed by atoms with Crippen molar-refractivity contribution >= 4 is 5.69 Å². The summed E-state index contributed by atoms with van der Waals surface area (Å²) in [5.74, 6) is 0. The molecule has 0 radical (unpaired) electrons. The van der Waals surface area contributed by atoms with Crippen LogP contribution in [-0.4, -0.2) is 24.5 Å². The molecular weight excluding hydrogens is 241 g/mol. The number of nitrogens with zero attached hydrogens (tertiary/aromatic N) is 1. The molecule has 0 spiro atoms. The quantitative estimate of drug-likeness (QED) is 0.829. The lowest BCUT2D eigenvalue weighted by atomic mass is 9.92. The molecule has 0 aliphatic carbocycles. The van der Waals surface area contributed by atoms with E-state index >= 15 is 0 Å². The molecule has 0 bridgehead atoms. The summed E-state index contributed by atoms with van der Waals surface area (Å²) in [6, 6.07) is 4.18. The third kappa shape index (κ3) is 1.96. The Morgan fingerprint density at radius 1 is 1.22 bits per heavy atom. The van der Waals surface area contributed by atoms with Crippen LogP contribution < -0.4 is 5.32 Å². The van der Waals surface area contributed by atoms with Gasteiger partial charge in [0.2, 0.25) is 0 Å². The molecular formula is C13H15F3N2. The molecule has 3 rings (SSSR count). The van der Waals surface area contributed by atoms with Gasteiger partial charge in [0.25, 0.3) is 0 Å². The number of hydrogen-bond acceptors (Lipinski definition) is 2. The van der Waals surface area contributed by atoms with E-state index < -0.39 is 11.7 Å². The van der Waals surface area contributed by atoms with Crippen LogP contribution in [0.25, 0.3) is 0 Å². The van der Waals surface area contributed by atoms with Gasteiger partial charge in [-0.2, -0.15) is 13.2 Å². The van der Waals surface area contributed by atoms with Crippen LogP contribution >= 0.6 is 0 Å². The van der Waals surface area contributed by atoms with Crippen LogP contribution in [0.5, 0.6) is 0 Å². The molecule has 1 unspecified atom stereocenters. The summed E-state index contributed by atoms with van der Waals surface area (Å²) in [6.45, 7) is 2.83. The molecule has 1 aromatic carbocycles. The first kappa shape index (κ1) is 11.8. The number of benzene rings is 1. The van der Waals surface area contributed by atoms with E-state index in [0.717, 1.165) is 49.8 Å². The van der Waals surface area contributed by atoms with Crippen LogP contribution in [0.15, 0.2) is 18.2 Å². The van der Waals surface area contributed by atoms with Gasteiger partial charge in [-0.05, 0) is 49.7 Å². The zero-order valence-corrected chi connectivity index (χ0v) is 9.93. The molecule has 2 nitrogen and oxygen atoms in total. The monoisotopic (exact) mass is 256 g/mol. The predicted molar refractivity (Wildman–Crippen MR) is 63.5 cm³/mol. The first-order valence-corrected chi connectivity index (χ1v) is 6.25. The maximum atomic E-state index is 12.7. The number of hydrogen-bond donors (Lipinski definition) is 1. The van der Waals surface area contributed by atoms with E-state index in [1.54, 1.807) is 6.07 Å². The van der Waals surface area contributed by atoms with Crippen molar-refractivity contribution < 1.29 is 13.2 Å². The molecule has 0 amide bonds. The molecule has 2 aliphatic heterocycles. The first-order valence-electron chi connectivity index (χ1n) is 6.25. The molecule has 98 valence electrons. The molecule has 1 atom stereocenters. The fourth-order valence-electron chi connectivity index (χ4n) is 2.71. The Bertz CT molecular complexity index is 452. The Morgan fingerprint density at radius 3 is 2.61 bits per heavy atom. The van der Waals surface area contributed by atoms with Gasteiger partial charge in [0.1, 0.15) is 0 Å². The van der Waals surface area contributed by atoms with Crippen molar-refractivity contribution in [1.29, 1.82) is 0 Å².